The van der Waals surface area contributed by atoms with Gasteiger partial charge in [-0.25, -0.2) is 0 Å². The Morgan fingerprint density at radius 3 is 2.70 bits per heavy atom. The number of β-amino-alcohol motifs (C(OH)–C–C–N with tert-alkyl or cyclic N) is 1. The Kier molecular flexibility index (Phi) is 5.07. The number of carbonyl (C=O) groups excluding carboxylic acids is 3. The number of halogens is 1. The van der Waals surface area contributed by atoms with Crippen molar-refractivity contribution in [3.8, 4) is 0 Å². The van der Waals surface area contributed by atoms with Crippen LogP contribution >= 0.6 is 11.6 Å². The summed E-state index contributed by atoms with van der Waals surface area (Å²) in [7, 11) is 1.53. The number of aliphatic hydroxyl groups is 1. The summed E-state index contributed by atoms with van der Waals surface area (Å²) in [4.78, 5) is 40.9. The van der Waals surface area contributed by atoms with Gasteiger partial charge < -0.3 is 25.4 Å². The van der Waals surface area contributed by atoms with E-state index in [-0.39, 0.29) is 25.0 Å². The quantitative estimate of drug-likeness (QED) is 0.641. The van der Waals surface area contributed by atoms with Crippen LogP contribution in [0.2, 0.25) is 5.02 Å². The fraction of sp³-hybridized carbons (Fsp3) is 0.571. The third-order valence-corrected chi connectivity index (χ3v) is 7.18. The molecule has 1 aromatic rings. The molecule has 4 rings (SSSR count). The highest BCUT2D eigenvalue weighted by Gasteiger charge is 2.77. The molecule has 3 saturated heterocycles. The third-order valence-electron chi connectivity index (χ3n) is 6.86. The van der Waals surface area contributed by atoms with E-state index in [1.165, 1.54) is 11.9 Å². The second-order valence-corrected chi connectivity index (χ2v) is 8.93. The standard InChI is InChI=1S/C21H26ClN3O5/c1-11-5-4-6-12(22)15(11)24-18(28)16-21-8-7-20(2,30-21)13(17(27)23-3)14(21)19(29)25(16)9-10-26/h4-6,13-14,16,26H,7-10H2,1-3H3,(H,23,27)(H,24,28)/t13-,14-,16?,20+,21?/m0/s1. The van der Waals surface area contributed by atoms with Gasteiger partial charge in [-0.1, -0.05) is 23.7 Å². The summed E-state index contributed by atoms with van der Waals surface area (Å²) in [5.41, 5.74) is -0.668. The molecule has 3 heterocycles. The number of ether oxygens (including phenoxy) is 1. The Hall–Kier alpha value is -2.16. The molecule has 9 heteroatoms. The summed E-state index contributed by atoms with van der Waals surface area (Å²) in [6.07, 6.45) is 1.05. The molecule has 0 aromatic heterocycles. The van der Waals surface area contributed by atoms with E-state index in [9.17, 15) is 19.5 Å². The van der Waals surface area contributed by atoms with E-state index in [2.05, 4.69) is 10.6 Å². The van der Waals surface area contributed by atoms with Crippen molar-refractivity contribution in [1.82, 2.24) is 10.2 Å². The summed E-state index contributed by atoms with van der Waals surface area (Å²) in [5.74, 6) is -2.51. The highest BCUT2D eigenvalue weighted by atomic mass is 35.5. The van der Waals surface area contributed by atoms with Crippen molar-refractivity contribution in [3.63, 3.8) is 0 Å². The number of anilines is 1. The average molecular weight is 436 g/mol. The molecule has 1 aromatic carbocycles. The van der Waals surface area contributed by atoms with Crippen LogP contribution in [-0.4, -0.2) is 65.2 Å². The van der Waals surface area contributed by atoms with Gasteiger partial charge in [0.2, 0.25) is 17.7 Å². The van der Waals surface area contributed by atoms with Gasteiger partial charge in [-0.05, 0) is 38.3 Å². The van der Waals surface area contributed by atoms with Gasteiger partial charge in [0.1, 0.15) is 11.6 Å². The van der Waals surface area contributed by atoms with Crippen molar-refractivity contribution in [2.75, 3.05) is 25.5 Å². The molecule has 3 N–H and O–H groups in total. The maximum Gasteiger partial charge on any atom is 0.250 e. The van der Waals surface area contributed by atoms with Crippen molar-refractivity contribution in [3.05, 3.63) is 28.8 Å². The van der Waals surface area contributed by atoms with Crippen molar-refractivity contribution < 1.29 is 24.2 Å². The van der Waals surface area contributed by atoms with E-state index < -0.39 is 35.0 Å². The fourth-order valence-electron chi connectivity index (χ4n) is 5.61. The first-order valence-corrected chi connectivity index (χ1v) is 10.5. The first-order valence-electron chi connectivity index (χ1n) is 10.1. The Morgan fingerprint density at radius 1 is 1.33 bits per heavy atom. The summed E-state index contributed by atoms with van der Waals surface area (Å²) < 4.78 is 6.39. The van der Waals surface area contributed by atoms with Crippen LogP contribution < -0.4 is 10.6 Å². The van der Waals surface area contributed by atoms with Gasteiger partial charge >= 0.3 is 0 Å². The Labute approximate surface area is 179 Å². The third kappa shape index (κ3) is 2.77. The number of aryl methyl sites for hydroxylation is 1. The van der Waals surface area contributed by atoms with E-state index in [1.807, 2.05) is 19.9 Å². The lowest BCUT2D eigenvalue weighted by Crippen LogP contribution is -2.53. The Balaban J connectivity index is 1.76. The van der Waals surface area contributed by atoms with Crippen LogP contribution in [-0.2, 0) is 19.1 Å². The number of amides is 3. The SMILES string of the molecule is CNC(=O)[C@@H]1[C@H]2C(=O)N(CCO)C(C(=O)Nc3c(C)cccc3Cl)C23CC[C@@]1(C)O3. The van der Waals surface area contributed by atoms with Crippen molar-refractivity contribution in [1.29, 1.82) is 0 Å². The number of fused-ring (bicyclic) bond motifs is 1. The number of para-hydroxylation sites is 1. The number of carbonyl (C=O) groups is 3. The minimum absolute atomic E-state index is 0.0167. The lowest BCUT2D eigenvalue weighted by molar-refractivity contribution is -0.144. The van der Waals surface area contributed by atoms with Gasteiger partial charge in [-0.15, -0.1) is 0 Å². The molecule has 162 valence electrons. The van der Waals surface area contributed by atoms with Crippen molar-refractivity contribution in [2.24, 2.45) is 11.8 Å². The molecule has 3 aliphatic heterocycles. The van der Waals surface area contributed by atoms with E-state index in [1.54, 1.807) is 12.1 Å². The van der Waals surface area contributed by atoms with Gasteiger partial charge in [-0.2, -0.15) is 0 Å². The monoisotopic (exact) mass is 435 g/mol. The zero-order chi connectivity index (χ0) is 21.8. The van der Waals surface area contributed by atoms with Gasteiger partial charge in [0.15, 0.2) is 0 Å². The molecule has 30 heavy (non-hydrogen) atoms. The number of benzene rings is 1. The van der Waals surface area contributed by atoms with Crippen LogP contribution in [0.15, 0.2) is 18.2 Å². The van der Waals surface area contributed by atoms with Crippen LogP contribution in [0, 0.1) is 18.8 Å². The van der Waals surface area contributed by atoms with Crippen LogP contribution in [0.3, 0.4) is 0 Å². The van der Waals surface area contributed by atoms with Crippen molar-refractivity contribution >= 4 is 35.0 Å². The zero-order valence-electron chi connectivity index (χ0n) is 17.2. The average Bonchev–Trinajstić information content (AvgIpc) is 3.26. The normalized spacial score (nSPS) is 34.2. The minimum Gasteiger partial charge on any atom is -0.395 e. The molecule has 3 aliphatic rings. The largest absolute Gasteiger partial charge is 0.395 e. The first kappa shape index (κ1) is 21.1. The van der Waals surface area contributed by atoms with E-state index in [0.29, 0.717) is 23.6 Å². The lowest BCUT2D eigenvalue weighted by atomic mass is 9.66. The van der Waals surface area contributed by atoms with Crippen LogP contribution in [0.1, 0.15) is 25.3 Å². The van der Waals surface area contributed by atoms with Crippen LogP contribution in [0.4, 0.5) is 5.69 Å². The smallest absolute Gasteiger partial charge is 0.250 e. The molecule has 3 amide bonds. The molecule has 0 saturated carbocycles. The van der Waals surface area contributed by atoms with Crippen molar-refractivity contribution in [2.45, 2.75) is 43.9 Å². The minimum atomic E-state index is -1.11. The maximum atomic E-state index is 13.5. The number of aliphatic hydroxyl groups excluding tert-OH is 1. The molecule has 0 radical (unpaired) electrons. The first-order chi connectivity index (χ1) is 14.2. The van der Waals surface area contributed by atoms with E-state index >= 15 is 0 Å². The summed E-state index contributed by atoms with van der Waals surface area (Å²) in [6, 6.07) is 4.33. The number of hydrogen-bond donors (Lipinski definition) is 3. The molecule has 3 fully saturated rings. The number of nitrogens with zero attached hydrogens (tertiary/aromatic N) is 1. The Bertz CT molecular complexity index is 904. The molecule has 2 unspecified atom stereocenters. The molecular formula is C21H26ClN3O5. The van der Waals surface area contributed by atoms with Gasteiger partial charge in [0, 0.05) is 13.6 Å². The second-order valence-electron chi connectivity index (χ2n) is 8.52. The molecule has 1 spiro atoms. The second kappa shape index (κ2) is 7.21. The molecule has 8 nitrogen and oxygen atoms in total. The Morgan fingerprint density at radius 2 is 2.07 bits per heavy atom. The van der Waals surface area contributed by atoms with Gasteiger partial charge in [-0.3, -0.25) is 14.4 Å². The number of likely N-dealkylation sites (tertiary alicyclic amines) is 1. The van der Waals surface area contributed by atoms with E-state index in [0.717, 1.165) is 5.56 Å². The lowest BCUT2D eigenvalue weighted by Gasteiger charge is -2.33. The summed E-state index contributed by atoms with van der Waals surface area (Å²) in [5, 5.41) is 15.4. The van der Waals surface area contributed by atoms with Crippen LogP contribution in [0.25, 0.3) is 0 Å². The van der Waals surface area contributed by atoms with E-state index in [4.69, 9.17) is 16.3 Å². The van der Waals surface area contributed by atoms with Gasteiger partial charge in [0.25, 0.3) is 0 Å². The van der Waals surface area contributed by atoms with Gasteiger partial charge in [0.05, 0.1) is 34.8 Å². The summed E-state index contributed by atoms with van der Waals surface area (Å²) >= 11 is 6.28. The highest BCUT2D eigenvalue weighted by Crippen LogP contribution is 2.63. The predicted octanol–water partition coefficient (Wildman–Crippen LogP) is 1.09. The number of hydrogen-bond acceptors (Lipinski definition) is 5. The zero-order valence-corrected chi connectivity index (χ0v) is 18.0. The molecule has 2 bridgehead atoms. The summed E-state index contributed by atoms with van der Waals surface area (Å²) in [6.45, 7) is 3.34. The van der Waals surface area contributed by atoms with Crippen LogP contribution in [0.5, 0.6) is 0 Å². The predicted molar refractivity (Wildman–Crippen MR) is 110 cm³/mol. The number of nitrogens with one attached hydrogen (secondary N) is 2. The maximum absolute atomic E-state index is 13.5. The highest BCUT2D eigenvalue weighted by molar-refractivity contribution is 6.34. The molecular weight excluding hydrogens is 410 g/mol. The molecule has 0 aliphatic carbocycles. The number of rotatable bonds is 5. The molecule has 5 atom stereocenters. The topological polar surface area (TPSA) is 108 Å². The fourth-order valence-corrected chi connectivity index (χ4v) is 5.88.